The number of nitrogens with zero attached hydrogens (tertiary/aromatic N) is 2. The van der Waals surface area contributed by atoms with E-state index in [-0.39, 0.29) is 0 Å². The first-order valence-corrected chi connectivity index (χ1v) is 5.11. The fourth-order valence-corrected chi connectivity index (χ4v) is 2.44. The molecule has 0 atom stereocenters. The molecule has 0 amide bonds. The van der Waals surface area contributed by atoms with Crippen LogP contribution in [0.15, 0.2) is 9.98 Å². The maximum absolute atomic E-state index is 5.15. The van der Waals surface area contributed by atoms with Gasteiger partial charge in [-0.05, 0) is 0 Å². The van der Waals surface area contributed by atoms with E-state index in [1.165, 1.54) is 21.3 Å². The average molecular weight is 187 g/mol. The van der Waals surface area contributed by atoms with Gasteiger partial charge in [-0.1, -0.05) is 9.98 Å². The van der Waals surface area contributed by atoms with E-state index in [0.717, 1.165) is 0 Å². The first kappa shape index (κ1) is 9.40. The highest BCUT2D eigenvalue weighted by molar-refractivity contribution is 6.67. The maximum Gasteiger partial charge on any atom is 0.652 e. The van der Waals surface area contributed by atoms with Crippen molar-refractivity contribution in [2.24, 2.45) is 9.98 Å². The molecule has 1 heterocycles. The molecule has 1 aliphatic heterocycles. The molecular formula is C6H11N2O3Si+. The lowest BCUT2D eigenvalue weighted by molar-refractivity contribution is 0.126. The highest BCUT2D eigenvalue weighted by atomic mass is 28.4. The molecular weight excluding hydrogens is 176 g/mol. The van der Waals surface area contributed by atoms with Crippen LogP contribution in [0.3, 0.4) is 0 Å². The fraction of sp³-hybridized carbons (Fsp3) is 0.500. The van der Waals surface area contributed by atoms with E-state index in [1.807, 2.05) is 0 Å². The van der Waals surface area contributed by atoms with Gasteiger partial charge in [-0.15, -0.1) is 0 Å². The van der Waals surface area contributed by atoms with E-state index < -0.39 is 8.80 Å². The third kappa shape index (κ3) is 1.41. The predicted molar refractivity (Wildman–Crippen MR) is 47.0 cm³/mol. The Morgan fingerprint density at radius 3 is 1.75 bits per heavy atom. The van der Waals surface area contributed by atoms with Crippen LogP contribution in [0.1, 0.15) is 0 Å². The Hall–Kier alpha value is -0.693. The summed E-state index contributed by atoms with van der Waals surface area (Å²) in [6, 6.07) is 0. The van der Waals surface area contributed by atoms with Gasteiger partial charge in [-0.2, -0.15) is 0 Å². The van der Waals surface area contributed by atoms with Gasteiger partial charge in [0, 0.05) is 21.3 Å². The summed E-state index contributed by atoms with van der Waals surface area (Å²) in [5.74, 6) is 0.495. The van der Waals surface area contributed by atoms with Crippen molar-refractivity contribution in [1.29, 1.82) is 0 Å². The van der Waals surface area contributed by atoms with Crippen LogP contribution < -0.4 is 0 Å². The molecule has 0 aliphatic carbocycles. The minimum Gasteiger partial charge on any atom is -0.361 e. The molecule has 1 aliphatic rings. The van der Waals surface area contributed by atoms with Crippen LogP contribution in [-0.2, 0) is 13.3 Å². The number of hydrogen-bond acceptors (Lipinski definition) is 5. The molecule has 0 aromatic rings. The van der Waals surface area contributed by atoms with Crippen LogP contribution in [0.4, 0.5) is 0 Å². The lowest BCUT2D eigenvalue weighted by atomic mass is 10.9. The van der Waals surface area contributed by atoms with Crippen molar-refractivity contribution < 1.29 is 13.3 Å². The van der Waals surface area contributed by atoms with Gasteiger partial charge in [0.05, 0.1) is 0 Å². The third-order valence-electron chi connectivity index (χ3n) is 1.54. The SMILES string of the molecule is CO[Si](OC)(OC)[C+]1N=CC=N1. The zero-order valence-corrected chi connectivity index (χ0v) is 8.27. The normalized spacial score (nSPS) is 16.1. The van der Waals surface area contributed by atoms with Gasteiger partial charge < -0.3 is 13.3 Å². The molecule has 6 heteroatoms. The summed E-state index contributed by atoms with van der Waals surface area (Å²) in [7, 11) is 1.81. The van der Waals surface area contributed by atoms with Crippen LogP contribution >= 0.6 is 0 Å². The molecule has 0 saturated heterocycles. The lowest BCUT2D eigenvalue weighted by Crippen LogP contribution is -2.47. The Morgan fingerprint density at radius 2 is 1.42 bits per heavy atom. The number of rotatable bonds is 4. The first-order chi connectivity index (χ1) is 5.79. The Labute approximate surface area is 72.4 Å². The van der Waals surface area contributed by atoms with Crippen LogP contribution in [0.2, 0.25) is 0 Å². The zero-order valence-electron chi connectivity index (χ0n) is 7.27. The molecule has 0 radical (unpaired) electrons. The molecule has 0 saturated carbocycles. The van der Waals surface area contributed by atoms with Gasteiger partial charge in [0.25, 0.3) is 0 Å². The third-order valence-corrected chi connectivity index (χ3v) is 3.96. The van der Waals surface area contributed by atoms with Gasteiger partial charge in [0.2, 0.25) is 0 Å². The van der Waals surface area contributed by atoms with E-state index in [9.17, 15) is 0 Å². The second-order valence-electron chi connectivity index (χ2n) is 2.05. The topological polar surface area (TPSA) is 52.4 Å². The molecule has 5 nitrogen and oxygen atoms in total. The average Bonchev–Trinajstić information content (AvgIpc) is 2.62. The summed E-state index contributed by atoms with van der Waals surface area (Å²) in [5, 5.41) is 0. The van der Waals surface area contributed by atoms with Crippen molar-refractivity contribution >= 4 is 21.2 Å². The fourth-order valence-electron chi connectivity index (χ4n) is 0.923. The molecule has 66 valence electrons. The van der Waals surface area contributed by atoms with Crippen molar-refractivity contribution in [1.82, 2.24) is 0 Å². The summed E-state index contributed by atoms with van der Waals surface area (Å²) in [6.45, 7) is 0. The quantitative estimate of drug-likeness (QED) is 0.461. The standard InChI is InChI=1S/C6H11N2O3Si/c1-9-12(10-2,11-3)6-7-4-5-8-6/h4-5H,1-3H3/q+1. The molecule has 1 rings (SSSR count). The summed E-state index contributed by atoms with van der Waals surface area (Å²) in [5.41, 5.74) is 0. The van der Waals surface area contributed by atoms with E-state index >= 15 is 0 Å². The molecule has 0 fully saturated rings. The molecule has 0 N–H and O–H groups in total. The van der Waals surface area contributed by atoms with Gasteiger partial charge in [0.15, 0.2) is 12.4 Å². The highest BCUT2D eigenvalue weighted by Crippen LogP contribution is 2.24. The highest BCUT2D eigenvalue weighted by Gasteiger charge is 2.57. The number of hydrogen-bond donors (Lipinski definition) is 0. The van der Waals surface area contributed by atoms with Crippen molar-refractivity contribution in [2.75, 3.05) is 21.3 Å². The van der Waals surface area contributed by atoms with Crippen molar-refractivity contribution in [3.63, 3.8) is 0 Å². The second kappa shape index (κ2) is 3.81. The zero-order chi connectivity index (χ0) is 9.03. The lowest BCUT2D eigenvalue weighted by Gasteiger charge is -2.19. The Morgan fingerprint density at radius 1 is 1.00 bits per heavy atom. The van der Waals surface area contributed by atoms with Crippen LogP contribution in [0.5, 0.6) is 0 Å². The predicted octanol–water partition coefficient (Wildman–Crippen LogP) is 0.0484. The van der Waals surface area contributed by atoms with E-state index in [0.29, 0.717) is 5.79 Å². The summed E-state index contributed by atoms with van der Waals surface area (Å²) < 4.78 is 15.5. The van der Waals surface area contributed by atoms with Crippen molar-refractivity contribution in [2.45, 2.75) is 0 Å². The summed E-state index contributed by atoms with van der Waals surface area (Å²) in [6.07, 6.45) is 3.16. The minimum atomic E-state index is -2.76. The van der Waals surface area contributed by atoms with Gasteiger partial charge in [0.1, 0.15) is 0 Å². The Bertz CT molecular complexity index is 183. The largest absolute Gasteiger partial charge is 0.652 e. The van der Waals surface area contributed by atoms with E-state index in [2.05, 4.69) is 9.98 Å². The summed E-state index contributed by atoms with van der Waals surface area (Å²) >= 11 is 0. The first-order valence-electron chi connectivity index (χ1n) is 3.38. The Balaban J connectivity index is 2.76. The monoisotopic (exact) mass is 187 g/mol. The molecule has 12 heavy (non-hydrogen) atoms. The molecule has 0 bridgehead atoms. The van der Waals surface area contributed by atoms with Gasteiger partial charge in [-0.3, -0.25) is 0 Å². The van der Waals surface area contributed by atoms with Gasteiger partial charge in [-0.25, -0.2) is 0 Å². The summed E-state index contributed by atoms with van der Waals surface area (Å²) in [4.78, 5) is 7.95. The van der Waals surface area contributed by atoms with Crippen molar-refractivity contribution in [3.8, 4) is 0 Å². The molecule has 0 aromatic carbocycles. The van der Waals surface area contributed by atoms with Crippen molar-refractivity contribution in [3.05, 3.63) is 5.79 Å². The van der Waals surface area contributed by atoms with Crippen LogP contribution in [-0.4, -0.2) is 42.6 Å². The maximum atomic E-state index is 5.15. The molecule has 0 unspecified atom stereocenters. The second-order valence-corrected chi connectivity index (χ2v) is 4.83. The van der Waals surface area contributed by atoms with E-state index in [4.69, 9.17) is 13.3 Å². The molecule has 0 spiro atoms. The minimum absolute atomic E-state index is 0.495. The Kier molecular flexibility index (Phi) is 2.98. The van der Waals surface area contributed by atoms with Crippen LogP contribution in [0, 0.1) is 5.79 Å². The van der Waals surface area contributed by atoms with E-state index in [1.54, 1.807) is 12.4 Å². The number of aliphatic imine (C=N–C) groups is 2. The van der Waals surface area contributed by atoms with Crippen LogP contribution in [0.25, 0.3) is 0 Å². The smallest absolute Gasteiger partial charge is 0.361 e. The van der Waals surface area contributed by atoms with Gasteiger partial charge >= 0.3 is 14.6 Å². The molecule has 0 aromatic heterocycles.